The van der Waals surface area contributed by atoms with E-state index in [0.29, 0.717) is 22.8 Å². The number of nitriles is 1. The van der Waals surface area contributed by atoms with Crippen LogP contribution in [0.25, 0.3) is 0 Å². The highest BCUT2D eigenvalue weighted by molar-refractivity contribution is 6.31. The molecule has 6 nitrogen and oxygen atoms in total. The number of nitrogens with one attached hydrogen (secondary N) is 1. The van der Waals surface area contributed by atoms with Gasteiger partial charge in [-0.3, -0.25) is 4.79 Å². The van der Waals surface area contributed by atoms with Crippen LogP contribution in [-0.2, 0) is 0 Å². The van der Waals surface area contributed by atoms with Gasteiger partial charge in [0.1, 0.15) is 17.4 Å². The number of benzene rings is 1. The topological polar surface area (TPSA) is 87.9 Å². The number of amides is 1. The second-order valence-corrected chi connectivity index (χ2v) is 8.71. The first kappa shape index (κ1) is 20.4. The smallest absolute Gasteiger partial charge is 0.272 e. The molecule has 1 aliphatic carbocycles. The third-order valence-electron chi connectivity index (χ3n) is 6.05. The van der Waals surface area contributed by atoms with Gasteiger partial charge in [0.2, 0.25) is 0 Å². The van der Waals surface area contributed by atoms with Crippen LogP contribution >= 0.6 is 23.2 Å². The van der Waals surface area contributed by atoms with E-state index in [-0.39, 0.29) is 16.8 Å². The van der Waals surface area contributed by atoms with Crippen LogP contribution < -0.4 is 10.1 Å². The lowest BCUT2D eigenvalue weighted by Crippen LogP contribution is -2.77. The molecule has 3 rings (SSSR count). The summed E-state index contributed by atoms with van der Waals surface area (Å²) in [5.74, 6) is 0.264. The summed E-state index contributed by atoms with van der Waals surface area (Å²) in [6.07, 6.45) is 0.581. The predicted molar refractivity (Wildman–Crippen MR) is 107 cm³/mol. The van der Waals surface area contributed by atoms with Gasteiger partial charge in [-0.2, -0.15) is 5.26 Å². The standard InChI is InChI=1S/C20H20Cl2N4O2/c1-18(2)19(3,24-17(27)15-7-8-16(22)26-25-15)11-20(18,4)28-13-6-5-12(10-23)14(21)9-13/h5-9H,11H2,1-4H3,(H,24,27)/t19-,20-/m1/s1. The molecular formula is C20H20Cl2N4O2. The van der Waals surface area contributed by atoms with Crippen molar-refractivity contribution < 1.29 is 9.53 Å². The Hall–Kier alpha value is -2.36. The molecule has 1 aliphatic rings. The third kappa shape index (κ3) is 3.30. The molecule has 0 bridgehead atoms. The maximum atomic E-state index is 12.6. The summed E-state index contributed by atoms with van der Waals surface area (Å²) in [5.41, 5.74) is -0.868. The lowest BCUT2D eigenvalue weighted by Gasteiger charge is -2.65. The fourth-order valence-electron chi connectivity index (χ4n) is 3.62. The molecule has 2 aromatic rings. The molecule has 8 heteroatoms. The summed E-state index contributed by atoms with van der Waals surface area (Å²) in [5, 5.41) is 20.2. The summed E-state index contributed by atoms with van der Waals surface area (Å²) in [4.78, 5) is 12.6. The van der Waals surface area contributed by atoms with Gasteiger partial charge in [0.05, 0.1) is 16.1 Å². The van der Waals surface area contributed by atoms with Gasteiger partial charge in [0, 0.05) is 17.9 Å². The number of rotatable bonds is 4. The Morgan fingerprint density at radius 2 is 1.89 bits per heavy atom. The first-order chi connectivity index (χ1) is 13.0. The minimum Gasteiger partial charge on any atom is -0.487 e. The molecule has 1 aromatic heterocycles. The number of ether oxygens (including phenoxy) is 1. The molecule has 146 valence electrons. The Bertz CT molecular complexity index is 971. The lowest BCUT2D eigenvalue weighted by atomic mass is 9.48. The number of hydrogen-bond acceptors (Lipinski definition) is 5. The van der Waals surface area contributed by atoms with Crippen molar-refractivity contribution in [2.75, 3.05) is 0 Å². The fourth-order valence-corrected chi connectivity index (χ4v) is 3.93. The summed E-state index contributed by atoms with van der Waals surface area (Å²) >= 11 is 11.8. The Labute approximate surface area is 173 Å². The Morgan fingerprint density at radius 3 is 2.43 bits per heavy atom. The molecule has 2 atom stereocenters. The number of hydrogen-bond donors (Lipinski definition) is 1. The highest BCUT2D eigenvalue weighted by atomic mass is 35.5. The minimum absolute atomic E-state index is 0.204. The van der Waals surface area contributed by atoms with Crippen molar-refractivity contribution in [3.8, 4) is 11.8 Å². The van der Waals surface area contributed by atoms with Crippen LogP contribution in [0, 0.1) is 16.7 Å². The average Bonchev–Trinajstić information content (AvgIpc) is 2.62. The van der Waals surface area contributed by atoms with Gasteiger partial charge in [-0.05, 0) is 38.1 Å². The van der Waals surface area contributed by atoms with E-state index in [1.165, 1.54) is 12.1 Å². The number of nitrogens with zero attached hydrogens (tertiary/aromatic N) is 3. The van der Waals surface area contributed by atoms with Gasteiger partial charge in [0.15, 0.2) is 10.8 Å². The predicted octanol–water partition coefficient (Wildman–Crippen LogP) is 4.41. The number of carbonyl (C=O) groups is 1. The molecule has 0 spiro atoms. The molecule has 0 aliphatic heterocycles. The molecule has 1 saturated carbocycles. The Balaban J connectivity index is 1.76. The van der Waals surface area contributed by atoms with Crippen molar-refractivity contribution in [3.63, 3.8) is 0 Å². The van der Waals surface area contributed by atoms with Crippen molar-refractivity contribution in [1.82, 2.24) is 15.5 Å². The highest BCUT2D eigenvalue weighted by Crippen LogP contribution is 2.58. The largest absolute Gasteiger partial charge is 0.487 e. The molecule has 1 N–H and O–H groups in total. The molecule has 1 heterocycles. The zero-order valence-electron chi connectivity index (χ0n) is 16.0. The van der Waals surface area contributed by atoms with Gasteiger partial charge in [-0.1, -0.05) is 37.0 Å². The van der Waals surface area contributed by atoms with E-state index in [2.05, 4.69) is 15.5 Å². The third-order valence-corrected chi connectivity index (χ3v) is 6.56. The van der Waals surface area contributed by atoms with E-state index in [9.17, 15) is 4.79 Å². The van der Waals surface area contributed by atoms with E-state index in [0.717, 1.165) is 0 Å². The SMILES string of the molecule is CC1(C)[C@](C)(NC(=O)c2ccc(Cl)nn2)C[C@@]1(C)Oc1ccc(C#N)c(Cl)c1. The van der Waals surface area contributed by atoms with Gasteiger partial charge in [-0.15, -0.1) is 10.2 Å². The average molecular weight is 419 g/mol. The second kappa shape index (κ2) is 6.91. The first-order valence-corrected chi connectivity index (χ1v) is 9.47. The van der Waals surface area contributed by atoms with Crippen molar-refractivity contribution >= 4 is 29.1 Å². The molecule has 28 heavy (non-hydrogen) atoms. The van der Waals surface area contributed by atoms with Crippen LogP contribution in [0.4, 0.5) is 0 Å². The number of halogens is 2. The molecule has 1 fully saturated rings. The normalized spacial score (nSPS) is 25.3. The quantitative estimate of drug-likeness (QED) is 0.793. The first-order valence-electron chi connectivity index (χ1n) is 8.72. The zero-order chi connectivity index (χ0) is 20.7. The maximum absolute atomic E-state index is 12.6. The fraction of sp³-hybridized carbons (Fsp3) is 0.400. The molecule has 0 saturated heterocycles. The summed E-state index contributed by atoms with van der Waals surface area (Å²) in [6.45, 7) is 8.05. The van der Waals surface area contributed by atoms with E-state index < -0.39 is 16.6 Å². The van der Waals surface area contributed by atoms with E-state index >= 15 is 0 Å². The maximum Gasteiger partial charge on any atom is 0.272 e. The Kier molecular flexibility index (Phi) is 5.03. The van der Waals surface area contributed by atoms with Gasteiger partial charge in [-0.25, -0.2) is 0 Å². The van der Waals surface area contributed by atoms with Crippen molar-refractivity contribution in [2.24, 2.45) is 5.41 Å². The molecule has 0 unspecified atom stereocenters. The van der Waals surface area contributed by atoms with Crippen LogP contribution in [0.1, 0.15) is 50.2 Å². The van der Waals surface area contributed by atoms with Crippen molar-refractivity contribution in [2.45, 2.75) is 45.3 Å². The number of carbonyl (C=O) groups excluding carboxylic acids is 1. The summed E-state index contributed by atoms with van der Waals surface area (Å²) in [7, 11) is 0. The molecule has 0 radical (unpaired) electrons. The highest BCUT2D eigenvalue weighted by Gasteiger charge is 2.67. The van der Waals surface area contributed by atoms with Crippen LogP contribution in [0.3, 0.4) is 0 Å². The number of aromatic nitrogens is 2. The van der Waals surface area contributed by atoms with Gasteiger partial charge in [0.25, 0.3) is 5.91 Å². The van der Waals surface area contributed by atoms with E-state index in [1.54, 1.807) is 18.2 Å². The zero-order valence-corrected chi connectivity index (χ0v) is 17.5. The monoisotopic (exact) mass is 418 g/mol. The van der Waals surface area contributed by atoms with Gasteiger partial charge >= 0.3 is 0 Å². The molecule has 1 amide bonds. The lowest BCUT2D eigenvalue weighted by molar-refractivity contribution is -0.180. The van der Waals surface area contributed by atoms with Gasteiger partial charge < -0.3 is 10.1 Å². The van der Waals surface area contributed by atoms with E-state index in [4.69, 9.17) is 33.2 Å². The van der Waals surface area contributed by atoms with Crippen LogP contribution in [0.15, 0.2) is 30.3 Å². The second-order valence-electron chi connectivity index (χ2n) is 7.92. The van der Waals surface area contributed by atoms with Crippen LogP contribution in [-0.4, -0.2) is 27.2 Å². The molecule has 1 aromatic carbocycles. The van der Waals surface area contributed by atoms with Crippen LogP contribution in [0.2, 0.25) is 10.2 Å². The summed E-state index contributed by atoms with van der Waals surface area (Å²) < 4.78 is 6.24. The Morgan fingerprint density at radius 1 is 1.18 bits per heavy atom. The van der Waals surface area contributed by atoms with Crippen LogP contribution in [0.5, 0.6) is 5.75 Å². The van der Waals surface area contributed by atoms with Crippen molar-refractivity contribution in [3.05, 3.63) is 51.8 Å². The minimum atomic E-state index is -0.543. The van der Waals surface area contributed by atoms with Crippen molar-refractivity contribution in [1.29, 1.82) is 5.26 Å². The van der Waals surface area contributed by atoms with E-state index in [1.807, 2.05) is 33.8 Å². The molecular weight excluding hydrogens is 399 g/mol. The summed E-state index contributed by atoms with van der Waals surface area (Å²) in [6, 6.07) is 10.1.